The van der Waals surface area contributed by atoms with Crippen molar-refractivity contribution in [1.82, 2.24) is 9.38 Å². The van der Waals surface area contributed by atoms with Gasteiger partial charge < -0.3 is 10.8 Å². The molecule has 2 aromatic rings. The van der Waals surface area contributed by atoms with Gasteiger partial charge in [0.2, 0.25) is 0 Å². The molecule has 2 rings (SSSR count). The number of fused-ring (bicyclic) bond motifs is 1. The first kappa shape index (κ1) is 8.68. The van der Waals surface area contributed by atoms with Crippen molar-refractivity contribution in [2.24, 2.45) is 5.73 Å². The summed E-state index contributed by atoms with van der Waals surface area (Å²) in [4.78, 5) is 6.18. The van der Waals surface area contributed by atoms with Gasteiger partial charge in [-0.2, -0.15) is 0 Å². The largest absolute Gasteiger partial charge is 0.394 e. The van der Waals surface area contributed by atoms with E-state index in [1.165, 1.54) is 11.3 Å². The van der Waals surface area contributed by atoms with Gasteiger partial charge in [-0.1, -0.05) is 11.3 Å². The molecule has 1 atom stereocenters. The minimum absolute atomic E-state index is 0.0251. The van der Waals surface area contributed by atoms with Crippen LogP contribution in [-0.2, 0) is 0 Å². The number of rotatable bonds is 2. The van der Waals surface area contributed by atoms with Crippen LogP contribution in [0.15, 0.2) is 12.4 Å². The third kappa shape index (κ3) is 1.46. The minimum atomic E-state index is -0.285. The Morgan fingerprint density at radius 2 is 2.46 bits per heavy atom. The molecule has 0 aliphatic rings. The Morgan fingerprint density at radius 3 is 3.08 bits per heavy atom. The van der Waals surface area contributed by atoms with E-state index in [-0.39, 0.29) is 12.6 Å². The molecule has 3 N–H and O–H groups in total. The van der Waals surface area contributed by atoms with Crippen molar-refractivity contribution in [3.63, 3.8) is 0 Å². The van der Waals surface area contributed by atoms with Crippen LogP contribution < -0.4 is 5.73 Å². The number of nitrogens with zero attached hydrogens (tertiary/aromatic N) is 2. The fraction of sp³-hybridized carbons (Fsp3) is 0.375. The molecule has 0 saturated carbocycles. The normalized spacial score (nSPS) is 13.8. The zero-order chi connectivity index (χ0) is 9.42. The highest BCUT2D eigenvalue weighted by Crippen LogP contribution is 2.22. The maximum Gasteiger partial charge on any atom is 0.194 e. The third-order valence-electron chi connectivity index (χ3n) is 1.86. The zero-order valence-corrected chi connectivity index (χ0v) is 8.08. The van der Waals surface area contributed by atoms with E-state index in [1.54, 1.807) is 0 Å². The smallest absolute Gasteiger partial charge is 0.194 e. The molecule has 0 bridgehead atoms. The third-order valence-corrected chi connectivity index (χ3v) is 2.98. The van der Waals surface area contributed by atoms with Gasteiger partial charge in [-0.3, -0.25) is 4.40 Å². The van der Waals surface area contributed by atoms with E-state index in [4.69, 9.17) is 10.8 Å². The van der Waals surface area contributed by atoms with Gasteiger partial charge in [-0.05, 0) is 6.92 Å². The SMILES string of the molecule is Cc1cn2cc(C(N)CO)sc2n1. The molecule has 13 heavy (non-hydrogen) atoms. The molecule has 0 aromatic carbocycles. The minimum Gasteiger partial charge on any atom is -0.394 e. The van der Waals surface area contributed by atoms with Gasteiger partial charge in [-0.15, -0.1) is 0 Å². The number of thiazole rings is 1. The fourth-order valence-corrected chi connectivity index (χ4v) is 2.20. The monoisotopic (exact) mass is 197 g/mol. The quantitative estimate of drug-likeness (QED) is 0.744. The summed E-state index contributed by atoms with van der Waals surface area (Å²) in [6.45, 7) is 1.92. The highest BCUT2D eigenvalue weighted by molar-refractivity contribution is 7.17. The van der Waals surface area contributed by atoms with E-state index in [2.05, 4.69) is 4.98 Å². The van der Waals surface area contributed by atoms with Gasteiger partial charge in [0.1, 0.15) is 0 Å². The Balaban J connectivity index is 2.45. The number of aromatic nitrogens is 2. The molecule has 0 spiro atoms. The second-order valence-corrected chi connectivity index (χ2v) is 4.04. The molecule has 70 valence electrons. The Kier molecular flexibility index (Phi) is 2.07. The Morgan fingerprint density at radius 1 is 1.69 bits per heavy atom. The first-order valence-electron chi connectivity index (χ1n) is 4.02. The first-order valence-corrected chi connectivity index (χ1v) is 4.84. The lowest BCUT2D eigenvalue weighted by Crippen LogP contribution is -2.12. The van der Waals surface area contributed by atoms with Crippen LogP contribution in [-0.4, -0.2) is 21.1 Å². The average molecular weight is 197 g/mol. The van der Waals surface area contributed by atoms with Crippen molar-refractivity contribution < 1.29 is 5.11 Å². The topological polar surface area (TPSA) is 63.5 Å². The zero-order valence-electron chi connectivity index (χ0n) is 7.27. The molecule has 4 nitrogen and oxygen atoms in total. The van der Waals surface area contributed by atoms with Crippen molar-refractivity contribution in [1.29, 1.82) is 0 Å². The number of aliphatic hydroxyl groups excluding tert-OH is 1. The van der Waals surface area contributed by atoms with Crippen molar-refractivity contribution in [3.05, 3.63) is 23.0 Å². The maximum atomic E-state index is 8.86. The highest BCUT2D eigenvalue weighted by Gasteiger charge is 2.09. The molecular weight excluding hydrogens is 186 g/mol. The second-order valence-electron chi connectivity index (χ2n) is 2.99. The molecular formula is C8H11N3OS. The van der Waals surface area contributed by atoms with Gasteiger partial charge in [-0.25, -0.2) is 4.98 Å². The van der Waals surface area contributed by atoms with Crippen molar-refractivity contribution in [2.45, 2.75) is 13.0 Å². The lowest BCUT2D eigenvalue weighted by molar-refractivity contribution is 0.269. The van der Waals surface area contributed by atoms with Crippen LogP contribution in [0, 0.1) is 6.92 Å². The van der Waals surface area contributed by atoms with E-state index in [1.807, 2.05) is 23.7 Å². The highest BCUT2D eigenvalue weighted by atomic mass is 32.1. The summed E-state index contributed by atoms with van der Waals surface area (Å²) < 4.78 is 1.94. The predicted molar refractivity (Wildman–Crippen MR) is 51.8 cm³/mol. The first-order chi connectivity index (χ1) is 6.20. The van der Waals surface area contributed by atoms with Crippen LogP contribution in [0.4, 0.5) is 0 Å². The lowest BCUT2D eigenvalue weighted by atomic mass is 10.3. The molecule has 2 aromatic heterocycles. The molecule has 0 fully saturated rings. The van der Waals surface area contributed by atoms with E-state index in [9.17, 15) is 0 Å². The Labute approximate surface area is 79.6 Å². The van der Waals surface area contributed by atoms with E-state index in [0.717, 1.165) is 15.5 Å². The number of aryl methyl sites for hydroxylation is 1. The Hall–Kier alpha value is -0.910. The summed E-state index contributed by atoms with van der Waals surface area (Å²) in [6.07, 6.45) is 3.86. The Bertz CT molecular complexity index is 388. The van der Waals surface area contributed by atoms with Crippen LogP contribution in [0.3, 0.4) is 0 Å². The van der Waals surface area contributed by atoms with Crippen LogP contribution in [0.1, 0.15) is 16.6 Å². The van der Waals surface area contributed by atoms with Gasteiger partial charge in [0.25, 0.3) is 0 Å². The molecule has 5 heteroatoms. The van der Waals surface area contributed by atoms with Gasteiger partial charge in [0.05, 0.1) is 18.3 Å². The van der Waals surface area contributed by atoms with Gasteiger partial charge >= 0.3 is 0 Å². The van der Waals surface area contributed by atoms with Crippen molar-refractivity contribution in [2.75, 3.05) is 6.61 Å². The standard InChI is InChI=1S/C8H11N3OS/c1-5-2-11-3-7(6(9)4-12)13-8(11)10-5/h2-3,6,12H,4,9H2,1H3. The van der Waals surface area contributed by atoms with Crippen LogP contribution in [0.25, 0.3) is 4.96 Å². The fourth-order valence-electron chi connectivity index (χ4n) is 1.19. The predicted octanol–water partition coefficient (Wildman–Crippen LogP) is 0.696. The number of hydrogen-bond acceptors (Lipinski definition) is 4. The molecule has 0 aliphatic carbocycles. The van der Waals surface area contributed by atoms with Crippen molar-refractivity contribution in [3.8, 4) is 0 Å². The summed E-state index contributed by atoms with van der Waals surface area (Å²) >= 11 is 1.52. The lowest BCUT2D eigenvalue weighted by Gasteiger charge is -2.01. The van der Waals surface area contributed by atoms with Crippen LogP contribution >= 0.6 is 11.3 Å². The molecule has 0 radical (unpaired) electrons. The second kappa shape index (κ2) is 3.10. The summed E-state index contributed by atoms with van der Waals surface area (Å²) in [7, 11) is 0. The molecule has 0 amide bonds. The van der Waals surface area contributed by atoms with Crippen LogP contribution in [0.2, 0.25) is 0 Å². The maximum absolute atomic E-state index is 8.86. The number of imidazole rings is 1. The van der Waals surface area contributed by atoms with Gasteiger partial charge in [0, 0.05) is 17.3 Å². The molecule has 0 saturated heterocycles. The van der Waals surface area contributed by atoms with Crippen molar-refractivity contribution >= 4 is 16.3 Å². The number of nitrogens with two attached hydrogens (primary N) is 1. The van der Waals surface area contributed by atoms with E-state index < -0.39 is 0 Å². The van der Waals surface area contributed by atoms with E-state index >= 15 is 0 Å². The molecule has 2 heterocycles. The van der Waals surface area contributed by atoms with E-state index in [0.29, 0.717) is 0 Å². The van der Waals surface area contributed by atoms with Gasteiger partial charge in [0.15, 0.2) is 4.96 Å². The summed E-state index contributed by atoms with van der Waals surface area (Å²) in [5.74, 6) is 0. The number of aliphatic hydroxyl groups is 1. The molecule has 1 unspecified atom stereocenters. The van der Waals surface area contributed by atoms with Crippen LogP contribution in [0.5, 0.6) is 0 Å². The number of hydrogen-bond donors (Lipinski definition) is 2. The summed E-state index contributed by atoms with van der Waals surface area (Å²) in [5, 5.41) is 8.86. The average Bonchev–Trinajstić information content (AvgIpc) is 2.59. The summed E-state index contributed by atoms with van der Waals surface area (Å²) in [6, 6.07) is -0.285. The molecule has 0 aliphatic heterocycles. The summed E-state index contributed by atoms with van der Waals surface area (Å²) in [5.41, 5.74) is 6.67.